The lowest BCUT2D eigenvalue weighted by atomic mass is 10.0. The first-order chi connectivity index (χ1) is 9.15. The molecule has 104 valence electrons. The molecule has 3 heteroatoms. The fraction of sp³-hybridized carbons (Fsp3) is 0.625. The number of nitrogens with one attached hydrogen (secondary N) is 1. The maximum absolute atomic E-state index is 10.1. The van der Waals surface area contributed by atoms with Gasteiger partial charge in [-0.3, -0.25) is 0 Å². The molecule has 2 aliphatic rings. The van der Waals surface area contributed by atoms with Gasteiger partial charge in [-0.05, 0) is 50.7 Å². The van der Waals surface area contributed by atoms with Gasteiger partial charge in [-0.1, -0.05) is 12.1 Å². The van der Waals surface area contributed by atoms with E-state index < -0.39 is 0 Å². The van der Waals surface area contributed by atoms with E-state index in [4.69, 9.17) is 4.74 Å². The molecule has 0 radical (unpaired) electrons. The first kappa shape index (κ1) is 12.9. The van der Waals surface area contributed by atoms with Gasteiger partial charge in [0.05, 0.1) is 6.10 Å². The second-order valence-electron chi connectivity index (χ2n) is 6.02. The average molecular weight is 261 g/mol. The van der Waals surface area contributed by atoms with Crippen molar-refractivity contribution in [1.29, 1.82) is 0 Å². The number of benzene rings is 1. The molecule has 1 aromatic rings. The first-order valence-electron chi connectivity index (χ1n) is 7.32. The average Bonchev–Trinajstić information content (AvgIpc) is 3.10. The third kappa shape index (κ3) is 2.77. The fourth-order valence-corrected chi connectivity index (χ4v) is 3.11. The zero-order valence-corrected chi connectivity index (χ0v) is 11.7. The van der Waals surface area contributed by atoms with Gasteiger partial charge in [0, 0.05) is 24.3 Å². The number of phenols is 1. The van der Waals surface area contributed by atoms with Crippen LogP contribution in [0.1, 0.15) is 43.4 Å². The normalized spacial score (nSPS) is 28.5. The van der Waals surface area contributed by atoms with Gasteiger partial charge in [0.25, 0.3) is 0 Å². The SMILES string of the molecule is Cc1ccc(C(C)NC2CCOC2C2CC2)c(O)c1. The van der Waals surface area contributed by atoms with Crippen molar-refractivity contribution in [2.45, 2.75) is 51.3 Å². The Bertz CT molecular complexity index is 456. The third-order valence-corrected chi connectivity index (χ3v) is 4.34. The summed E-state index contributed by atoms with van der Waals surface area (Å²) in [5.74, 6) is 1.15. The summed E-state index contributed by atoms with van der Waals surface area (Å²) in [6, 6.07) is 6.50. The van der Waals surface area contributed by atoms with Gasteiger partial charge in [-0.2, -0.15) is 0 Å². The molecule has 19 heavy (non-hydrogen) atoms. The van der Waals surface area contributed by atoms with E-state index in [-0.39, 0.29) is 6.04 Å². The smallest absolute Gasteiger partial charge is 0.120 e. The molecule has 2 N–H and O–H groups in total. The highest BCUT2D eigenvalue weighted by Gasteiger charge is 2.40. The molecular formula is C16H23NO2. The van der Waals surface area contributed by atoms with Gasteiger partial charge in [-0.25, -0.2) is 0 Å². The van der Waals surface area contributed by atoms with E-state index in [0.29, 0.717) is 17.9 Å². The Morgan fingerprint density at radius 2 is 2.11 bits per heavy atom. The summed E-state index contributed by atoms with van der Waals surface area (Å²) in [6.45, 7) is 4.98. The maximum Gasteiger partial charge on any atom is 0.120 e. The fourth-order valence-electron chi connectivity index (χ4n) is 3.11. The van der Waals surface area contributed by atoms with Gasteiger partial charge in [0.1, 0.15) is 5.75 Å². The molecule has 1 saturated heterocycles. The Hall–Kier alpha value is -1.06. The number of hydrogen-bond donors (Lipinski definition) is 2. The summed E-state index contributed by atoms with van der Waals surface area (Å²) in [7, 11) is 0. The first-order valence-corrected chi connectivity index (χ1v) is 7.32. The van der Waals surface area contributed by atoms with Crippen molar-refractivity contribution in [1.82, 2.24) is 5.32 Å². The van der Waals surface area contributed by atoms with E-state index in [1.54, 1.807) is 0 Å². The highest BCUT2D eigenvalue weighted by molar-refractivity contribution is 5.37. The lowest BCUT2D eigenvalue weighted by Crippen LogP contribution is -2.39. The summed E-state index contributed by atoms with van der Waals surface area (Å²) in [5.41, 5.74) is 2.07. The Kier molecular flexibility index (Phi) is 3.50. The lowest BCUT2D eigenvalue weighted by molar-refractivity contribution is 0.0792. The number of rotatable bonds is 4. The third-order valence-electron chi connectivity index (χ3n) is 4.34. The summed E-state index contributed by atoms with van der Waals surface area (Å²) < 4.78 is 5.85. The Morgan fingerprint density at radius 3 is 2.79 bits per heavy atom. The minimum atomic E-state index is 0.161. The number of aryl methyl sites for hydroxylation is 1. The van der Waals surface area contributed by atoms with E-state index in [1.165, 1.54) is 12.8 Å². The van der Waals surface area contributed by atoms with Crippen LogP contribution in [0, 0.1) is 12.8 Å². The van der Waals surface area contributed by atoms with Crippen molar-refractivity contribution >= 4 is 0 Å². The van der Waals surface area contributed by atoms with Crippen LogP contribution in [0.15, 0.2) is 18.2 Å². The van der Waals surface area contributed by atoms with Crippen molar-refractivity contribution in [3.05, 3.63) is 29.3 Å². The molecule has 0 bridgehead atoms. The Labute approximate surface area is 115 Å². The van der Waals surface area contributed by atoms with Crippen molar-refractivity contribution in [2.75, 3.05) is 6.61 Å². The van der Waals surface area contributed by atoms with Crippen LogP contribution in [-0.4, -0.2) is 23.9 Å². The molecule has 0 amide bonds. The molecule has 1 saturated carbocycles. The zero-order valence-electron chi connectivity index (χ0n) is 11.7. The van der Waals surface area contributed by atoms with Crippen LogP contribution in [0.3, 0.4) is 0 Å². The largest absolute Gasteiger partial charge is 0.508 e. The van der Waals surface area contributed by atoms with Gasteiger partial charge in [0.15, 0.2) is 0 Å². The van der Waals surface area contributed by atoms with Crippen LogP contribution in [-0.2, 0) is 4.74 Å². The molecule has 1 aromatic carbocycles. The second-order valence-corrected chi connectivity index (χ2v) is 6.02. The molecule has 0 spiro atoms. The molecule has 3 rings (SSSR count). The Morgan fingerprint density at radius 1 is 1.32 bits per heavy atom. The van der Waals surface area contributed by atoms with Crippen LogP contribution in [0.5, 0.6) is 5.75 Å². The maximum atomic E-state index is 10.1. The van der Waals surface area contributed by atoms with E-state index >= 15 is 0 Å². The quantitative estimate of drug-likeness (QED) is 0.875. The molecule has 2 fully saturated rings. The van der Waals surface area contributed by atoms with E-state index in [9.17, 15) is 5.11 Å². The van der Waals surface area contributed by atoms with Crippen molar-refractivity contribution < 1.29 is 9.84 Å². The zero-order chi connectivity index (χ0) is 13.4. The van der Waals surface area contributed by atoms with Gasteiger partial charge >= 0.3 is 0 Å². The van der Waals surface area contributed by atoms with Crippen LogP contribution < -0.4 is 5.32 Å². The molecule has 3 unspecified atom stereocenters. The molecule has 1 heterocycles. The summed E-state index contributed by atoms with van der Waals surface area (Å²) in [6.07, 6.45) is 4.09. The number of ether oxygens (including phenoxy) is 1. The van der Waals surface area contributed by atoms with Crippen molar-refractivity contribution in [3.63, 3.8) is 0 Å². The van der Waals surface area contributed by atoms with Crippen LogP contribution in [0.25, 0.3) is 0 Å². The molecule has 1 aliphatic carbocycles. The minimum Gasteiger partial charge on any atom is -0.508 e. The number of aromatic hydroxyl groups is 1. The Balaban J connectivity index is 1.68. The van der Waals surface area contributed by atoms with E-state index in [1.807, 2.05) is 19.1 Å². The highest BCUT2D eigenvalue weighted by atomic mass is 16.5. The summed E-state index contributed by atoms with van der Waals surface area (Å²) >= 11 is 0. The monoisotopic (exact) mass is 261 g/mol. The van der Waals surface area contributed by atoms with E-state index in [0.717, 1.165) is 30.1 Å². The molecule has 1 aliphatic heterocycles. The van der Waals surface area contributed by atoms with Gasteiger partial charge < -0.3 is 15.2 Å². The summed E-state index contributed by atoms with van der Waals surface area (Å²) in [4.78, 5) is 0. The second kappa shape index (κ2) is 5.14. The van der Waals surface area contributed by atoms with Crippen LogP contribution in [0.4, 0.5) is 0 Å². The highest BCUT2D eigenvalue weighted by Crippen LogP contribution is 2.39. The van der Waals surface area contributed by atoms with Gasteiger partial charge in [-0.15, -0.1) is 0 Å². The minimum absolute atomic E-state index is 0.161. The molecular weight excluding hydrogens is 238 g/mol. The topological polar surface area (TPSA) is 41.5 Å². The van der Waals surface area contributed by atoms with Crippen molar-refractivity contribution in [2.24, 2.45) is 5.92 Å². The number of phenolic OH excluding ortho intramolecular Hbond substituents is 1. The van der Waals surface area contributed by atoms with Crippen LogP contribution in [0.2, 0.25) is 0 Å². The van der Waals surface area contributed by atoms with Crippen molar-refractivity contribution in [3.8, 4) is 5.75 Å². The molecule has 0 aromatic heterocycles. The molecule has 3 atom stereocenters. The van der Waals surface area contributed by atoms with Crippen LogP contribution >= 0.6 is 0 Å². The predicted octanol–water partition coefficient (Wildman–Crippen LogP) is 2.92. The number of hydrogen-bond acceptors (Lipinski definition) is 3. The summed E-state index contributed by atoms with van der Waals surface area (Å²) in [5, 5.41) is 13.7. The lowest BCUT2D eigenvalue weighted by Gasteiger charge is -2.24. The standard InChI is InChI=1S/C16H23NO2/c1-10-3-6-13(15(18)9-10)11(2)17-14-7-8-19-16(14)12-4-5-12/h3,6,9,11-12,14,16-18H,4-5,7-8H2,1-2H3. The molecule has 3 nitrogen and oxygen atoms in total. The van der Waals surface area contributed by atoms with E-state index in [2.05, 4.69) is 18.3 Å². The predicted molar refractivity (Wildman–Crippen MR) is 75.3 cm³/mol. The van der Waals surface area contributed by atoms with Gasteiger partial charge in [0.2, 0.25) is 0 Å².